The van der Waals surface area contributed by atoms with Crippen LogP contribution in [0.1, 0.15) is 24.8 Å². The maximum absolute atomic E-state index is 12.5. The maximum atomic E-state index is 12.5. The third-order valence-corrected chi connectivity index (χ3v) is 5.60. The summed E-state index contributed by atoms with van der Waals surface area (Å²) in [6.45, 7) is 1.44. The molecule has 4 rings (SSSR count). The highest BCUT2D eigenvalue weighted by atomic mass is 16.6. The van der Waals surface area contributed by atoms with Gasteiger partial charge >= 0.3 is 5.69 Å². The Labute approximate surface area is 180 Å². The Morgan fingerprint density at radius 3 is 2.68 bits per heavy atom. The summed E-state index contributed by atoms with van der Waals surface area (Å²) < 4.78 is 5.00. The Balaban J connectivity index is 1.40. The summed E-state index contributed by atoms with van der Waals surface area (Å²) in [5.41, 5.74) is 1.48. The van der Waals surface area contributed by atoms with Crippen molar-refractivity contribution in [2.24, 2.45) is 0 Å². The molecule has 1 amide bonds. The van der Waals surface area contributed by atoms with E-state index >= 15 is 0 Å². The molecule has 7 heteroatoms. The summed E-state index contributed by atoms with van der Waals surface area (Å²) in [5, 5.41) is 16.4. The molecular weight excluding hydrogens is 394 g/mol. The molecule has 1 aliphatic carbocycles. The SMILES string of the molecule is COc1ccc(NC(=O)CCN(Cc2cccc3ccccc23)C2CC2)cc1[N+](=O)[O-]. The molecule has 3 aromatic carbocycles. The second kappa shape index (κ2) is 9.14. The zero-order valence-electron chi connectivity index (χ0n) is 17.4. The van der Waals surface area contributed by atoms with E-state index in [4.69, 9.17) is 4.74 Å². The fourth-order valence-corrected chi connectivity index (χ4v) is 3.86. The molecule has 0 unspecified atom stereocenters. The first-order chi connectivity index (χ1) is 15.0. The Hall–Kier alpha value is -3.45. The fourth-order valence-electron chi connectivity index (χ4n) is 3.86. The number of methoxy groups -OCH3 is 1. The van der Waals surface area contributed by atoms with E-state index in [9.17, 15) is 14.9 Å². The quantitative estimate of drug-likeness (QED) is 0.400. The van der Waals surface area contributed by atoms with Crippen LogP contribution in [0.5, 0.6) is 5.75 Å². The average molecular weight is 419 g/mol. The predicted octanol–water partition coefficient (Wildman–Crippen LogP) is 4.75. The van der Waals surface area contributed by atoms with Crippen LogP contribution in [-0.4, -0.2) is 35.4 Å². The van der Waals surface area contributed by atoms with Crippen molar-refractivity contribution < 1.29 is 14.5 Å². The van der Waals surface area contributed by atoms with Crippen molar-refractivity contribution in [1.82, 2.24) is 4.90 Å². The van der Waals surface area contributed by atoms with Gasteiger partial charge in [0, 0.05) is 37.3 Å². The van der Waals surface area contributed by atoms with Gasteiger partial charge in [-0.1, -0.05) is 42.5 Å². The van der Waals surface area contributed by atoms with Crippen LogP contribution in [0.2, 0.25) is 0 Å². The van der Waals surface area contributed by atoms with Crippen LogP contribution in [0.3, 0.4) is 0 Å². The van der Waals surface area contributed by atoms with Gasteiger partial charge < -0.3 is 10.1 Å². The lowest BCUT2D eigenvalue weighted by atomic mass is 10.0. The number of nitrogens with zero attached hydrogens (tertiary/aromatic N) is 2. The molecule has 1 aliphatic rings. The summed E-state index contributed by atoms with van der Waals surface area (Å²) >= 11 is 0. The van der Waals surface area contributed by atoms with E-state index in [1.807, 2.05) is 6.07 Å². The van der Waals surface area contributed by atoms with E-state index < -0.39 is 4.92 Å². The Bertz CT molecular complexity index is 1110. The minimum Gasteiger partial charge on any atom is -0.490 e. The largest absolute Gasteiger partial charge is 0.490 e. The molecule has 0 saturated heterocycles. The number of nitro groups is 1. The number of hydrogen-bond donors (Lipinski definition) is 1. The van der Waals surface area contributed by atoms with Crippen molar-refractivity contribution in [2.75, 3.05) is 19.0 Å². The fraction of sp³-hybridized carbons (Fsp3) is 0.292. The first-order valence-corrected chi connectivity index (χ1v) is 10.4. The molecule has 0 radical (unpaired) electrons. The highest BCUT2D eigenvalue weighted by molar-refractivity contribution is 5.91. The Morgan fingerprint density at radius 2 is 1.94 bits per heavy atom. The Kier molecular flexibility index (Phi) is 6.13. The van der Waals surface area contributed by atoms with Gasteiger partial charge in [0.15, 0.2) is 5.75 Å². The van der Waals surface area contributed by atoms with Gasteiger partial charge in [0.25, 0.3) is 0 Å². The van der Waals surface area contributed by atoms with Crippen molar-refractivity contribution in [3.8, 4) is 5.75 Å². The number of amides is 1. The van der Waals surface area contributed by atoms with E-state index in [0.717, 1.165) is 19.4 Å². The first kappa shape index (κ1) is 20.8. The lowest BCUT2D eigenvalue weighted by Crippen LogP contribution is -2.29. The van der Waals surface area contributed by atoms with E-state index in [1.165, 1.54) is 35.6 Å². The number of ether oxygens (including phenoxy) is 1. The molecule has 0 spiro atoms. The van der Waals surface area contributed by atoms with E-state index in [2.05, 4.69) is 46.6 Å². The molecule has 0 atom stereocenters. The van der Waals surface area contributed by atoms with Gasteiger partial charge in [0.1, 0.15) is 0 Å². The lowest BCUT2D eigenvalue weighted by Gasteiger charge is -2.22. The second-order valence-electron chi connectivity index (χ2n) is 7.78. The minimum absolute atomic E-state index is 0.164. The number of rotatable bonds is 9. The van der Waals surface area contributed by atoms with Gasteiger partial charge in [-0.05, 0) is 41.3 Å². The van der Waals surface area contributed by atoms with Gasteiger partial charge in [-0.25, -0.2) is 0 Å². The summed E-state index contributed by atoms with van der Waals surface area (Å²) in [6.07, 6.45) is 2.62. The number of nitro benzene ring substituents is 1. The van der Waals surface area contributed by atoms with Gasteiger partial charge in [-0.2, -0.15) is 0 Å². The molecule has 31 heavy (non-hydrogen) atoms. The van der Waals surface area contributed by atoms with Crippen molar-refractivity contribution in [3.05, 3.63) is 76.3 Å². The summed E-state index contributed by atoms with van der Waals surface area (Å²) in [5.74, 6) is 0.000953. The maximum Gasteiger partial charge on any atom is 0.312 e. The number of hydrogen-bond acceptors (Lipinski definition) is 5. The van der Waals surface area contributed by atoms with Crippen LogP contribution >= 0.6 is 0 Å². The van der Waals surface area contributed by atoms with Crippen molar-refractivity contribution in [2.45, 2.75) is 31.8 Å². The van der Waals surface area contributed by atoms with Crippen LogP contribution in [0.15, 0.2) is 60.7 Å². The van der Waals surface area contributed by atoms with Gasteiger partial charge in [-0.15, -0.1) is 0 Å². The molecular formula is C24H25N3O4. The molecule has 1 fully saturated rings. The van der Waals surface area contributed by atoms with Crippen LogP contribution in [0.4, 0.5) is 11.4 Å². The minimum atomic E-state index is -0.520. The number of fused-ring (bicyclic) bond motifs is 1. The first-order valence-electron chi connectivity index (χ1n) is 10.4. The number of carbonyl (C=O) groups excluding carboxylic acids is 1. The van der Waals surface area contributed by atoms with E-state index in [1.54, 1.807) is 6.07 Å². The van der Waals surface area contributed by atoms with Crippen LogP contribution in [0.25, 0.3) is 10.8 Å². The molecule has 7 nitrogen and oxygen atoms in total. The molecule has 1 saturated carbocycles. The van der Waals surface area contributed by atoms with Crippen molar-refractivity contribution >= 4 is 28.1 Å². The second-order valence-corrected chi connectivity index (χ2v) is 7.78. The average Bonchev–Trinajstić information content (AvgIpc) is 3.62. The van der Waals surface area contributed by atoms with Crippen LogP contribution in [-0.2, 0) is 11.3 Å². The van der Waals surface area contributed by atoms with Crippen LogP contribution < -0.4 is 10.1 Å². The number of benzene rings is 3. The van der Waals surface area contributed by atoms with Crippen molar-refractivity contribution in [3.63, 3.8) is 0 Å². The molecule has 160 valence electrons. The normalized spacial score (nSPS) is 13.4. The third kappa shape index (κ3) is 5.00. The summed E-state index contributed by atoms with van der Waals surface area (Å²) in [4.78, 5) is 25.5. The number of nitrogens with one attached hydrogen (secondary N) is 1. The molecule has 1 N–H and O–H groups in total. The molecule has 0 heterocycles. The monoisotopic (exact) mass is 419 g/mol. The van der Waals surface area contributed by atoms with E-state index in [0.29, 0.717) is 24.7 Å². The van der Waals surface area contributed by atoms with Crippen molar-refractivity contribution in [1.29, 1.82) is 0 Å². The number of carbonyl (C=O) groups is 1. The standard InChI is InChI=1S/C24H25N3O4/c1-31-23-12-9-19(15-22(23)27(29)30)25-24(28)13-14-26(20-10-11-20)16-18-7-4-6-17-5-2-3-8-21(17)18/h2-9,12,15,20H,10-11,13-14,16H2,1H3,(H,25,28). The van der Waals surface area contributed by atoms with Crippen LogP contribution in [0, 0.1) is 10.1 Å². The molecule has 0 bridgehead atoms. The highest BCUT2D eigenvalue weighted by Crippen LogP contribution is 2.31. The Morgan fingerprint density at radius 1 is 1.16 bits per heavy atom. The third-order valence-electron chi connectivity index (χ3n) is 5.60. The van der Waals surface area contributed by atoms with E-state index in [-0.39, 0.29) is 17.3 Å². The smallest absolute Gasteiger partial charge is 0.312 e. The highest BCUT2D eigenvalue weighted by Gasteiger charge is 2.29. The molecule has 3 aromatic rings. The summed E-state index contributed by atoms with van der Waals surface area (Å²) in [7, 11) is 1.38. The molecule has 0 aromatic heterocycles. The summed E-state index contributed by atoms with van der Waals surface area (Å²) in [6, 6.07) is 19.6. The zero-order chi connectivity index (χ0) is 21.8. The topological polar surface area (TPSA) is 84.7 Å². The lowest BCUT2D eigenvalue weighted by molar-refractivity contribution is -0.385. The van der Waals surface area contributed by atoms with Gasteiger partial charge in [-0.3, -0.25) is 19.8 Å². The van der Waals surface area contributed by atoms with Gasteiger partial charge in [0.2, 0.25) is 5.91 Å². The number of anilines is 1. The van der Waals surface area contributed by atoms with Gasteiger partial charge in [0.05, 0.1) is 12.0 Å². The predicted molar refractivity (Wildman–Crippen MR) is 120 cm³/mol. The molecule has 0 aliphatic heterocycles. The zero-order valence-corrected chi connectivity index (χ0v) is 17.4.